The van der Waals surface area contributed by atoms with E-state index in [4.69, 9.17) is 0 Å². The topological polar surface area (TPSA) is 78.5 Å². The Morgan fingerprint density at radius 2 is 1.84 bits per heavy atom. The van der Waals surface area contributed by atoms with Crippen LogP contribution in [0.5, 0.6) is 0 Å². The molecule has 0 aromatic heterocycles. The lowest BCUT2D eigenvalue weighted by Crippen LogP contribution is -2.27. The Morgan fingerprint density at radius 3 is 2.42 bits per heavy atom. The number of hydrogen-bond acceptors (Lipinski definition) is 4. The maximum Gasteiger partial charge on any atom is 0.244 e. The summed E-state index contributed by atoms with van der Waals surface area (Å²) >= 11 is 0. The third kappa shape index (κ3) is 4.22. The summed E-state index contributed by atoms with van der Waals surface area (Å²) in [7, 11) is -0.499. The Morgan fingerprint density at radius 1 is 1.21 bits per heavy atom. The van der Waals surface area contributed by atoms with Gasteiger partial charge in [0.2, 0.25) is 15.9 Å². The van der Waals surface area contributed by atoms with Crippen LogP contribution in [0.25, 0.3) is 0 Å². The molecule has 1 rings (SSSR count). The predicted molar refractivity (Wildman–Crippen MR) is 74.5 cm³/mol. The van der Waals surface area contributed by atoms with Gasteiger partial charge in [-0.2, -0.15) is 0 Å². The Balaban J connectivity index is 2.83. The molecule has 6 nitrogen and oxygen atoms in total. The number of anilines is 1. The second-order valence-corrected chi connectivity index (χ2v) is 6.31. The summed E-state index contributed by atoms with van der Waals surface area (Å²) in [5.74, 6) is -0.115. The van der Waals surface area contributed by atoms with Crippen LogP contribution in [0, 0.1) is 0 Å². The van der Waals surface area contributed by atoms with Gasteiger partial charge >= 0.3 is 0 Å². The lowest BCUT2D eigenvalue weighted by Gasteiger charge is -2.16. The van der Waals surface area contributed by atoms with Crippen molar-refractivity contribution >= 4 is 21.6 Å². The second-order valence-electron chi connectivity index (χ2n) is 4.19. The van der Waals surface area contributed by atoms with Crippen LogP contribution in [-0.2, 0) is 14.8 Å². The number of para-hydroxylation sites is 1. The van der Waals surface area contributed by atoms with E-state index in [1.807, 2.05) is 0 Å². The molecular formula is C12H19N3O3S. The molecule has 7 heteroatoms. The maximum atomic E-state index is 12.1. The van der Waals surface area contributed by atoms with Gasteiger partial charge in [-0.1, -0.05) is 12.1 Å². The molecule has 0 radical (unpaired) electrons. The number of carbonyl (C=O) groups is 1. The van der Waals surface area contributed by atoms with Gasteiger partial charge in [0.1, 0.15) is 4.90 Å². The van der Waals surface area contributed by atoms with Crippen molar-refractivity contribution < 1.29 is 13.2 Å². The first-order chi connectivity index (χ1) is 8.85. The van der Waals surface area contributed by atoms with Crippen molar-refractivity contribution in [3.05, 3.63) is 24.3 Å². The molecule has 19 heavy (non-hydrogen) atoms. The molecule has 0 saturated carbocycles. The molecule has 0 heterocycles. The highest BCUT2D eigenvalue weighted by molar-refractivity contribution is 7.89. The molecule has 0 bridgehead atoms. The van der Waals surface area contributed by atoms with Crippen LogP contribution in [0.15, 0.2) is 29.2 Å². The molecule has 0 atom stereocenters. The van der Waals surface area contributed by atoms with Gasteiger partial charge in [-0.15, -0.1) is 0 Å². The van der Waals surface area contributed by atoms with E-state index in [9.17, 15) is 13.2 Å². The lowest BCUT2D eigenvalue weighted by atomic mass is 10.3. The zero-order valence-electron chi connectivity index (χ0n) is 11.3. The van der Waals surface area contributed by atoms with Crippen molar-refractivity contribution in [3.63, 3.8) is 0 Å². The summed E-state index contributed by atoms with van der Waals surface area (Å²) < 4.78 is 25.4. The first-order valence-electron chi connectivity index (χ1n) is 5.85. The van der Waals surface area contributed by atoms with Crippen LogP contribution in [0.2, 0.25) is 0 Å². The number of benzene rings is 1. The summed E-state index contributed by atoms with van der Waals surface area (Å²) in [6.45, 7) is 2.33. The smallest absolute Gasteiger partial charge is 0.244 e. The van der Waals surface area contributed by atoms with E-state index in [1.165, 1.54) is 25.3 Å². The normalized spacial score (nSPS) is 11.4. The van der Waals surface area contributed by atoms with Crippen molar-refractivity contribution in [1.82, 2.24) is 9.62 Å². The average Bonchev–Trinajstić information content (AvgIpc) is 2.34. The lowest BCUT2D eigenvalue weighted by molar-refractivity contribution is -0.118. The van der Waals surface area contributed by atoms with E-state index >= 15 is 0 Å². The molecule has 0 unspecified atom stereocenters. The molecule has 1 amide bonds. The number of rotatable bonds is 6. The summed E-state index contributed by atoms with van der Waals surface area (Å²) in [5, 5.41) is 5.64. The van der Waals surface area contributed by atoms with Gasteiger partial charge in [-0.05, 0) is 12.1 Å². The molecule has 0 aliphatic carbocycles. The maximum absolute atomic E-state index is 12.1. The largest absolute Gasteiger partial charge is 0.382 e. The minimum atomic E-state index is -3.48. The average molecular weight is 285 g/mol. The molecule has 2 N–H and O–H groups in total. The third-order valence-corrected chi connectivity index (χ3v) is 4.33. The van der Waals surface area contributed by atoms with Gasteiger partial charge in [-0.25, -0.2) is 12.7 Å². The van der Waals surface area contributed by atoms with Crippen molar-refractivity contribution in [2.75, 3.05) is 32.5 Å². The highest BCUT2D eigenvalue weighted by Crippen LogP contribution is 2.22. The van der Waals surface area contributed by atoms with E-state index < -0.39 is 10.0 Å². The first-order valence-corrected chi connectivity index (χ1v) is 7.29. The second kappa shape index (κ2) is 6.53. The van der Waals surface area contributed by atoms with Crippen molar-refractivity contribution in [2.24, 2.45) is 0 Å². The van der Waals surface area contributed by atoms with Crippen LogP contribution in [0.4, 0.5) is 5.69 Å². The number of nitrogens with zero attached hydrogens (tertiary/aromatic N) is 1. The fraction of sp³-hybridized carbons (Fsp3) is 0.417. The van der Waals surface area contributed by atoms with E-state index in [0.717, 1.165) is 0 Å². The first kappa shape index (κ1) is 15.5. The monoisotopic (exact) mass is 285 g/mol. The van der Waals surface area contributed by atoms with Crippen LogP contribution in [0.1, 0.15) is 6.92 Å². The van der Waals surface area contributed by atoms with Crippen molar-refractivity contribution in [2.45, 2.75) is 11.8 Å². The highest BCUT2D eigenvalue weighted by Gasteiger charge is 2.20. The van der Waals surface area contributed by atoms with Crippen LogP contribution < -0.4 is 10.6 Å². The third-order valence-electron chi connectivity index (χ3n) is 2.46. The van der Waals surface area contributed by atoms with Crippen molar-refractivity contribution in [3.8, 4) is 0 Å². The van der Waals surface area contributed by atoms with Gasteiger partial charge in [0.25, 0.3) is 0 Å². The van der Waals surface area contributed by atoms with Gasteiger partial charge in [0.05, 0.1) is 5.69 Å². The number of nitrogens with one attached hydrogen (secondary N) is 2. The molecule has 1 aromatic carbocycles. The minimum absolute atomic E-state index is 0.115. The zero-order chi connectivity index (χ0) is 14.5. The summed E-state index contributed by atoms with van der Waals surface area (Å²) in [6, 6.07) is 6.69. The molecule has 106 valence electrons. The molecule has 0 saturated heterocycles. The van der Waals surface area contributed by atoms with Crippen LogP contribution in [-0.4, -0.2) is 45.8 Å². The van der Waals surface area contributed by atoms with E-state index in [1.54, 1.807) is 24.3 Å². The van der Waals surface area contributed by atoms with Gasteiger partial charge < -0.3 is 10.6 Å². The quantitative estimate of drug-likeness (QED) is 0.745. The fourth-order valence-corrected chi connectivity index (χ4v) is 2.53. The molecule has 0 spiro atoms. The predicted octanol–water partition coefficient (Wildman–Crippen LogP) is 0.485. The molecule has 0 fully saturated rings. The molecule has 0 aliphatic heterocycles. The number of amides is 1. The Labute approximate surface area is 113 Å². The summed E-state index contributed by atoms with van der Waals surface area (Å²) in [5.41, 5.74) is 0.529. The van der Waals surface area contributed by atoms with Crippen LogP contribution in [0.3, 0.4) is 0 Å². The SMILES string of the molecule is CC(=O)NCCNc1ccccc1S(=O)(=O)N(C)C. The molecule has 1 aromatic rings. The van der Waals surface area contributed by atoms with Gasteiger partial charge in [-0.3, -0.25) is 4.79 Å². The zero-order valence-corrected chi connectivity index (χ0v) is 12.1. The van der Waals surface area contributed by atoms with E-state index in [2.05, 4.69) is 10.6 Å². The Hall–Kier alpha value is -1.60. The minimum Gasteiger partial charge on any atom is -0.382 e. The van der Waals surface area contributed by atoms with Gasteiger partial charge in [0, 0.05) is 34.1 Å². The molecular weight excluding hydrogens is 266 g/mol. The van der Waals surface area contributed by atoms with E-state index in [0.29, 0.717) is 18.8 Å². The highest BCUT2D eigenvalue weighted by atomic mass is 32.2. The number of hydrogen-bond donors (Lipinski definition) is 2. The van der Waals surface area contributed by atoms with E-state index in [-0.39, 0.29) is 10.8 Å². The van der Waals surface area contributed by atoms with Crippen molar-refractivity contribution in [1.29, 1.82) is 0 Å². The number of sulfonamides is 1. The van der Waals surface area contributed by atoms with Crippen LogP contribution >= 0.6 is 0 Å². The van der Waals surface area contributed by atoms with Gasteiger partial charge in [0.15, 0.2) is 0 Å². The molecule has 0 aliphatic rings. The Bertz CT molecular complexity index is 541. The summed E-state index contributed by atoms with van der Waals surface area (Å²) in [6.07, 6.45) is 0. The Kier molecular flexibility index (Phi) is 5.31. The summed E-state index contributed by atoms with van der Waals surface area (Å²) in [4.78, 5) is 11.0. The number of carbonyl (C=O) groups excluding carboxylic acids is 1. The fourth-order valence-electron chi connectivity index (χ4n) is 1.47. The standard InChI is InChI=1S/C12H19N3O3S/c1-10(16)13-8-9-14-11-6-4-5-7-12(11)19(17,18)15(2)3/h4-7,14H,8-9H2,1-3H3,(H,13,16).